The van der Waals surface area contributed by atoms with Gasteiger partial charge in [-0.2, -0.15) is 5.26 Å². The molecule has 2 N–H and O–H groups in total. The number of halogens is 1. The van der Waals surface area contributed by atoms with Gasteiger partial charge in [0.25, 0.3) is 0 Å². The van der Waals surface area contributed by atoms with Crippen LogP contribution in [-0.2, 0) is 9.59 Å². The highest BCUT2D eigenvalue weighted by molar-refractivity contribution is 6.02. The number of nitrogens with one attached hydrogen (secondary N) is 2. The largest absolute Gasteiger partial charge is 0.496 e. The SMILES string of the molecule is COc1cc(F)cc2[nH]c(C(=O)CC(CC3CC3)C(=O)NC(C#N)CC3CCCCC3=O)cc12. The first-order chi connectivity index (χ1) is 16.4. The van der Waals surface area contributed by atoms with E-state index in [1.54, 1.807) is 6.07 Å². The van der Waals surface area contributed by atoms with Crippen LogP contribution < -0.4 is 10.1 Å². The topological polar surface area (TPSA) is 112 Å². The molecule has 1 heterocycles. The van der Waals surface area contributed by atoms with E-state index in [0.717, 1.165) is 32.1 Å². The molecule has 3 unspecified atom stereocenters. The highest BCUT2D eigenvalue weighted by Crippen LogP contribution is 2.37. The second-order valence-corrected chi connectivity index (χ2v) is 9.59. The quantitative estimate of drug-likeness (QED) is 0.501. The van der Waals surface area contributed by atoms with Gasteiger partial charge in [-0.1, -0.05) is 19.3 Å². The molecule has 7 nitrogen and oxygen atoms in total. The maximum atomic E-state index is 13.8. The molecule has 2 fully saturated rings. The molecule has 0 radical (unpaired) electrons. The average molecular weight is 468 g/mol. The number of Topliss-reactive ketones (excluding diaryl/α,β-unsaturated/α-hetero) is 2. The van der Waals surface area contributed by atoms with Crippen LogP contribution in [0.1, 0.15) is 68.3 Å². The van der Waals surface area contributed by atoms with Gasteiger partial charge >= 0.3 is 0 Å². The lowest BCUT2D eigenvalue weighted by atomic mass is 9.83. The molecule has 0 spiro atoms. The highest BCUT2D eigenvalue weighted by Gasteiger charge is 2.33. The maximum Gasteiger partial charge on any atom is 0.224 e. The molecule has 2 aliphatic rings. The Labute approximate surface area is 198 Å². The summed E-state index contributed by atoms with van der Waals surface area (Å²) < 4.78 is 19.0. The number of aromatic amines is 1. The summed E-state index contributed by atoms with van der Waals surface area (Å²) in [7, 11) is 1.44. The van der Waals surface area contributed by atoms with Crippen molar-refractivity contribution in [2.45, 2.75) is 63.8 Å². The van der Waals surface area contributed by atoms with Gasteiger partial charge in [-0.05, 0) is 43.7 Å². The van der Waals surface area contributed by atoms with E-state index in [0.29, 0.717) is 41.8 Å². The average Bonchev–Trinajstić information content (AvgIpc) is 3.54. The van der Waals surface area contributed by atoms with Gasteiger partial charge < -0.3 is 15.0 Å². The smallest absolute Gasteiger partial charge is 0.224 e. The minimum absolute atomic E-state index is 0.0134. The van der Waals surface area contributed by atoms with Gasteiger partial charge in [0, 0.05) is 36.1 Å². The normalized spacial score (nSPS) is 19.9. The number of nitriles is 1. The van der Waals surface area contributed by atoms with Crippen LogP contribution in [0, 0.1) is 34.9 Å². The van der Waals surface area contributed by atoms with Gasteiger partial charge in [0.2, 0.25) is 5.91 Å². The van der Waals surface area contributed by atoms with E-state index in [1.165, 1.54) is 19.2 Å². The molecule has 2 aromatic rings. The van der Waals surface area contributed by atoms with Gasteiger partial charge in [0.15, 0.2) is 5.78 Å². The second-order valence-electron chi connectivity index (χ2n) is 9.59. The molecule has 8 heteroatoms. The van der Waals surface area contributed by atoms with Crippen LogP contribution in [0.25, 0.3) is 10.9 Å². The van der Waals surface area contributed by atoms with Gasteiger partial charge in [-0.3, -0.25) is 14.4 Å². The van der Waals surface area contributed by atoms with Crippen molar-refractivity contribution in [3.8, 4) is 11.8 Å². The number of rotatable bonds is 10. The molecule has 0 aliphatic heterocycles. The van der Waals surface area contributed by atoms with Crippen LogP contribution in [-0.4, -0.2) is 35.6 Å². The highest BCUT2D eigenvalue weighted by atomic mass is 19.1. The Balaban J connectivity index is 1.45. The van der Waals surface area contributed by atoms with E-state index in [9.17, 15) is 24.0 Å². The summed E-state index contributed by atoms with van der Waals surface area (Å²) in [5, 5.41) is 13.0. The number of benzene rings is 1. The van der Waals surface area contributed by atoms with Crippen LogP contribution in [0.3, 0.4) is 0 Å². The molecule has 1 aromatic heterocycles. The molecule has 4 rings (SSSR count). The Bertz CT molecular complexity index is 1130. The van der Waals surface area contributed by atoms with Crippen molar-refractivity contribution >= 4 is 28.4 Å². The number of nitrogens with zero attached hydrogens (tertiary/aromatic N) is 1. The summed E-state index contributed by atoms with van der Waals surface area (Å²) in [6, 6.07) is 5.54. The zero-order valence-electron chi connectivity index (χ0n) is 19.4. The molecule has 1 aromatic carbocycles. The van der Waals surface area contributed by atoms with E-state index >= 15 is 0 Å². The number of hydrogen-bond donors (Lipinski definition) is 2. The van der Waals surface area contributed by atoms with Crippen molar-refractivity contribution in [1.82, 2.24) is 10.3 Å². The van der Waals surface area contributed by atoms with Crippen molar-refractivity contribution in [1.29, 1.82) is 5.26 Å². The van der Waals surface area contributed by atoms with Crippen LogP contribution >= 0.6 is 0 Å². The van der Waals surface area contributed by atoms with Crippen molar-refractivity contribution < 1.29 is 23.5 Å². The van der Waals surface area contributed by atoms with E-state index in [1.807, 2.05) is 0 Å². The summed E-state index contributed by atoms with van der Waals surface area (Å²) in [4.78, 5) is 41.3. The second kappa shape index (κ2) is 10.4. The summed E-state index contributed by atoms with van der Waals surface area (Å²) in [5.74, 6) is -0.920. The van der Waals surface area contributed by atoms with Crippen molar-refractivity contribution in [3.63, 3.8) is 0 Å². The Morgan fingerprint density at radius 1 is 1.24 bits per heavy atom. The molecule has 0 saturated heterocycles. The van der Waals surface area contributed by atoms with E-state index in [2.05, 4.69) is 16.4 Å². The van der Waals surface area contributed by atoms with Crippen LogP contribution in [0.2, 0.25) is 0 Å². The number of ether oxygens (including phenoxy) is 1. The standard InChI is InChI=1S/C26H30FN3O4/c1-34-25-12-18(27)11-21-20(25)13-22(30-21)24(32)10-17(8-15-6-7-15)26(33)29-19(14-28)9-16-4-2-3-5-23(16)31/h11-13,15-17,19,30H,2-10H2,1H3,(H,29,33). The predicted molar refractivity (Wildman–Crippen MR) is 124 cm³/mol. The van der Waals surface area contributed by atoms with E-state index < -0.39 is 17.8 Å². The molecular formula is C26H30FN3O4. The zero-order chi connectivity index (χ0) is 24.2. The fraction of sp³-hybridized carbons (Fsp3) is 0.538. The lowest BCUT2D eigenvalue weighted by Crippen LogP contribution is -2.41. The number of carbonyl (C=O) groups excluding carboxylic acids is 3. The molecule has 0 bridgehead atoms. The van der Waals surface area contributed by atoms with Crippen LogP contribution in [0.15, 0.2) is 18.2 Å². The van der Waals surface area contributed by atoms with Gasteiger partial charge in [-0.15, -0.1) is 0 Å². The zero-order valence-corrected chi connectivity index (χ0v) is 19.4. The number of hydrogen-bond acceptors (Lipinski definition) is 5. The molecule has 1 amide bonds. The molecule has 180 valence electrons. The third kappa shape index (κ3) is 5.64. The summed E-state index contributed by atoms with van der Waals surface area (Å²) >= 11 is 0. The molecular weight excluding hydrogens is 437 g/mol. The third-order valence-corrected chi connectivity index (χ3v) is 6.98. The van der Waals surface area contributed by atoms with Crippen molar-refractivity contribution in [2.24, 2.45) is 17.8 Å². The summed E-state index contributed by atoms with van der Waals surface area (Å²) in [5.41, 5.74) is 0.738. The van der Waals surface area contributed by atoms with Crippen molar-refractivity contribution in [3.05, 3.63) is 29.7 Å². The van der Waals surface area contributed by atoms with E-state index in [-0.39, 0.29) is 35.5 Å². The Morgan fingerprint density at radius 2 is 2.03 bits per heavy atom. The molecule has 2 aliphatic carbocycles. The lowest BCUT2D eigenvalue weighted by Gasteiger charge is -2.24. The fourth-order valence-corrected chi connectivity index (χ4v) is 4.89. The van der Waals surface area contributed by atoms with Crippen molar-refractivity contribution in [2.75, 3.05) is 7.11 Å². The number of methoxy groups -OCH3 is 1. The maximum absolute atomic E-state index is 13.8. The monoisotopic (exact) mass is 467 g/mol. The Hall–Kier alpha value is -3.21. The van der Waals surface area contributed by atoms with Gasteiger partial charge in [0.05, 0.1) is 24.4 Å². The number of aromatic nitrogens is 1. The fourth-order valence-electron chi connectivity index (χ4n) is 4.89. The first-order valence-electron chi connectivity index (χ1n) is 12.0. The third-order valence-electron chi connectivity index (χ3n) is 6.98. The summed E-state index contributed by atoms with van der Waals surface area (Å²) in [6.07, 6.45) is 6.07. The summed E-state index contributed by atoms with van der Waals surface area (Å²) in [6.45, 7) is 0. The number of fused-ring (bicyclic) bond motifs is 1. The van der Waals surface area contributed by atoms with Crippen LogP contribution in [0.5, 0.6) is 5.75 Å². The Morgan fingerprint density at radius 3 is 2.71 bits per heavy atom. The number of carbonyl (C=O) groups is 3. The molecule has 3 atom stereocenters. The van der Waals surface area contributed by atoms with Crippen LogP contribution in [0.4, 0.5) is 4.39 Å². The number of amides is 1. The minimum Gasteiger partial charge on any atom is -0.496 e. The molecule has 34 heavy (non-hydrogen) atoms. The minimum atomic E-state index is -0.753. The molecule has 2 saturated carbocycles. The van der Waals surface area contributed by atoms with Gasteiger partial charge in [0.1, 0.15) is 23.4 Å². The predicted octanol–water partition coefficient (Wildman–Crippen LogP) is 4.46. The number of H-pyrrole nitrogens is 1. The lowest BCUT2D eigenvalue weighted by molar-refractivity contribution is -0.127. The number of ketones is 2. The Kier molecular flexibility index (Phi) is 7.30. The van der Waals surface area contributed by atoms with E-state index in [4.69, 9.17) is 4.74 Å². The first-order valence-corrected chi connectivity index (χ1v) is 12.0. The first kappa shape index (κ1) is 23.9. The van der Waals surface area contributed by atoms with Gasteiger partial charge in [-0.25, -0.2) is 4.39 Å².